The van der Waals surface area contributed by atoms with Crippen LogP contribution in [0.4, 0.5) is 0 Å². The van der Waals surface area contributed by atoms with Crippen molar-refractivity contribution in [3.05, 3.63) is 0 Å². The average Bonchev–Trinajstić information content (AvgIpc) is 2.62. The van der Waals surface area contributed by atoms with Gasteiger partial charge in [0.15, 0.2) is 5.96 Å². The molecule has 2 fully saturated rings. The topological polar surface area (TPSA) is 52.1 Å². The number of halogens is 1. The number of likely N-dealkylation sites (tertiary alicyclic amines) is 1. The van der Waals surface area contributed by atoms with Crippen LogP contribution in [-0.2, 0) is 4.74 Å². The summed E-state index contributed by atoms with van der Waals surface area (Å²) in [5.41, 5.74) is 0. The highest BCUT2D eigenvalue weighted by Crippen LogP contribution is 2.12. The minimum atomic E-state index is 0. The third-order valence-electron chi connectivity index (χ3n) is 5.13. The Kier molecular flexibility index (Phi) is 12.9. The Bertz CT molecular complexity index is 407. The molecule has 1 atom stereocenters. The molecule has 2 rings (SSSR count). The van der Waals surface area contributed by atoms with E-state index in [-0.39, 0.29) is 24.0 Å². The van der Waals surface area contributed by atoms with Crippen molar-refractivity contribution < 1.29 is 4.74 Å². The SMILES string of the molecule is CCNC(=NCC(C)CN1CCOCC1)NC1CCN(CC(C)C)CC1.I. The molecule has 2 aliphatic rings. The highest BCUT2D eigenvalue weighted by atomic mass is 127. The Labute approximate surface area is 183 Å². The summed E-state index contributed by atoms with van der Waals surface area (Å²) in [6.45, 7) is 19.4. The zero-order valence-corrected chi connectivity index (χ0v) is 20.2. The molecule has 0 aliphatic carbocycles. The maximum atomic E-state index is 5.43. The molecular formula is C20H42IN5O. The molecule has 2 aliphatic heterocycles. The number of hydrogen-bond donors (Lipinski definition) is 2. The number of morpholine rings is 1. The van der Waals surface area contributed by atoms with Gasteiger partial charge in [-0.1, -0.05) is 20.8 Å². The van der Waals surface area contributed by atoms with Crippen LogP contribution in [0.5, 0.6) is 0 Å². The molecule has 0 aromatic rings. The van der Waals surface area contributed by atoms with E-state index in [1.807, 2.05) is 0 Å². The molecule has 2 saturated heterocycles. The van der Waals surface area contributed by atoms with Crippen LogP contribution in [0.25, 0.3) is 0 Å². The van der Waals surface area contributed by atoms with Gasteiger partial charge in [0.05, 0.1) is 13.2 Å². The number of nitrogens with zero attached hydrogens (tertiary/aromatic N) is 3. The van der Waals surface area contributed by atoms with Crippen LogP contribution >= 0.6 is 24.0 Å². The van der Waals surface area contributed by atoms with Crippen LogP contribution in [0.2, 0.25) is 0 Å². The predicted octanol–water partition coefficient (Wildman–Crippen LogP) is 2.25. The van der Waals surface area contributed by atoms with E-state index in [1.165, 1.54) is 32.5 Å². The Hall–Kier alpha value is -0.120. The van der Waals surface area contributed by atoms with Gasteiger partial charge in [0, 0.05) is 58.4 Å². The predicted molar refractivity (Wildman–Crippen MR) is 125 cm³/mol. The normalized spacial score (nSPS) is 21.7. The molecule has 0 aromatic heterocycles. The lowest BCUT2D eigenvalue weighted by Gasteiger charge is -2.34. The van der Waals surface area contributed by atoms with E-state index in [0.29, 0.717) is 12.0 Å². The summed E-state index contributed by atoms with van der Waals surface area (Å²) in [6.07, 6.45) is 2.42. The Balaban J connectivity index is 0.00000364. The van der Waals surface area contributed by atoms with E-state index in [4.69, 9.17) is 9.73 Å². The molecule has 0 saturated carbocycles. The van der Waals surface area contributed by atoms with Crippen LogP contribution < -0.4 is 10.6 Å². The second-order valence-corrected chi connectivity index (χ2v) is 8.35. The first-order valence-corrected chi connectivity index (χ1v) is 10.6. The van der Waals surface area contributed by atoms with Crippen LogP contribution in [0, 0.1) is 11.8 Å². The summed E-state index contributed by atoms with van der Waals surface area (Å²) in [7, 11) is 0. The van der Waals surface area contributed by atoms with Gasteiger partial charge >= 0.3 is 0 Å². The molecule has 6 nitrogen and oxygen atoms in total. The Morgan fingerprint density at radius 3 is 2.26 bits per heavy atom. The summed E-state index contributed by atoms with van der Waals surface area (Å²) < 4.78 is 5.43. The molecular weight excluding hydrogens is 453 g/mol. The van der Waals surface area contributed by atoms with Gasteiger partial charge in [0.1, 0.15) is 0 Å². The highest BCUT2D eigenvalue weighted by molar-refractivity contribution is 14.0. The van der Waals surface area contributed by atoms with Crippen LogP contribution in [0.3, 0.4) is 0 Å². The van der Waals surface area contributed by atoms with Gasteiger partial charge in [-0.25, -0.2) is 0 Å². The monoisotopic (exact) mass is 495 g/mol. The van der Waals surface area contributed by atoms with E-state index in [1.54, 1.807) is 0 Å². The van der Waals surface area contributed by atoms with Crippen LogP contribution in [0.15, 0.2) is 4.99 Å². The number of nitrogens with one attached hydrogen (secondary N) is 2. The first kappa shape index (κ1) is 24.9. The van der Waals surface area contributed by atoms with Crippen molar-refractivity contribution in [1.29, 1.82) is 0 Å². The molecule has 0 bridgehead atoms. The average molecular weight is 495 g/mol. The minimum Gasteiger partial charge on any atom is -0.379 e. The van der Waals surface area contributed by atoms with Crippen molar-refractivity contribution in [2.45, 2.75) is 46.6 Å². The molecule has 0 radical (unpaired) electrons. The van der Waals surface area contributed by atoms with E-state index in [2.05, 4.69) is 48.1 Å². The van der Waals surface area contributed by atoms with Gasteiger partial charge in [-0.3, -0.25) is 9.89 Å². The molecule has 2 N–H and O–H groups in total. The fourth-order valence-electron chi connectivity index (χ4n) is 3.82. The Morgan fingerprint density at radius 2 is 1.67 bits per heavy atom. The summed E-state index contributed by atoms with van der Waals surface area (Å²) >= 11 is 0. The van der Waals surface area contributed by atoms with E-state index in [9.17, 15) is 0 Å². The second kappa shape index (κ2) is 14.0. The van der Waals surface area contributed by atoms with Crippen molar-refractivity contribution >= 4 is 29.9 Å². The van der Waals surface area contributed by atoms with Gasteiger partial charge in [-0.15, -0.1) is 24.0 Å². The lowest BCUT2D eigenvalue weighted by Crippen LogP contribution is -2.49. The van der Waals surface area contributed by atoms with Gasteiger partial charge in [-0.05, 0) is 31.6 Å². The summed E-state index contributed by atoms with van der Waals surface area (Å²) in [5, 5.41) is 7.09. The molecule has 0 aromatic carbocycles. The number of guanidine groups is 1. The zero-order chi connectivity index (χ0) is 18.8. The molecule has 160 valence electrons. The zero-order valence-electron chi connectivity index (χ0n) is 17.9. The fourth-order valence-corrected chi connectivity index (χ4v) is 3.82. The molecule has 0 amide bonds. The van der Waals surface area contributed by atoms with Gasteiger partial charge < -0.3 is 20.3 Å². The molecule has 0 spiro atoms. The van der Waals surface area contributed by atoms with Crippen LogP contribution in [0.1, 0.15) is 40.5 Å². The third-order valence-corrected chi connectivity index (χ3v) is 5.13. The van der Waals surface area contributed by atoms with E-state index >= 15 is 0 Å². The first-order chi connectivity index (χ1) is 12.6. The summed E-state index contributed by atoms with van der Waals surface area (Å²) in [5.74, 6) is 2.31. The lowest BCUT2D eigenvalue weighted by atomic mass is 10.0. The standard InChI is InChI=1S/C20H41N5O.HI/c1-5-21-20(22-14-18(4)16-25-10-12-26-13-11-25)23-19-6-8-24(9-7-19)15-17(2)3;/h17-19H,5-16H2,1-4H3,(H2,21,22,23);1H. The largest absolute Gasteiger partial charge is 0.379 e. The highest BCUT2D eigenvalue weighted by Gasteiger charge is 2.20. The van der Waals surface area contributed by atoms with Crippen molar-refractivity contribution in [2.24, 2.45) is 16.8 Å². The maximum absolute atomic E-state index is 5.43. The van der Waals surface area contributed by atoms with Gasteiger partial charge in [-0.2, -0.15) is 0 Å². The third kappa shape index (κ3) is 10.3. The van der Waals surface area contributed by atoms with Crippen molar-refractivity contribution in [2.75, 3.05) is 65.6 Å². The molecule has 7 heteroatoms. The smallest absolute Gasteiger partial charge is 0.191 e. The van der Waals surface area contributed by atoms with Crippen molar-refractivity contribution in [3.63, 3.8) is 0 Å². The van der Waals surface area contributed by atoms with E-state index in [0.717, 1.165) is 57.8 Å². The summed E-state index contributed by atoms with van der Waals surface area (Å²) in [4.78, 5) is 9.95. The van der Waals surface area contributed by atoms with Crippen molar-refractivity contribution in [3.8, 4) is 0 Å². The molecule has 2 heterocycles. The number of piperidine rings is 1. The van der Waals surface area contributed by atoms with Gasteiger partial charge in [0.25, 0.3) is 0 Å². The van der Waals surface area contributed by atoms with Crippen LogP contribution in [-0.4, -0.2) is 87.4 Å². The quantitative estimate of drug-likeness (QED) is 0.308. The Morgan fingerprint density at radius 1 is 1.04 bits per heavy atom. The first-order valence-electron chi connectivity index (χ1n) is 10.6. The summed E-state index contributed by atoms with van der Waals surface area (Å²) in [6, 6.07) is 0.547. The second-order valence-electron chi connectivity index (χ2n) is 8.35. The van der Waals surface area contributed by atoms with Gasteiger partial charge in [0.2, 0.25) is 0 Å². The van der Waals surface area contributed by atoms with E-state index < -0.39 is 0 Å². The molecule has 1 unspecified atom stereocenters. The van der Waals surface area contributed by atoms with Crippen molar-refractivity contribution in [1.82, 2.24) is 20.4 Å². The lowest BCUT2D eigenvalue weighted by molar-refractivity contribution is 0.0323. The fraction of sp³-hybridized carbons (Fsp3) is 0.950. The number of hydrogen-bond acceptors (Lipinski definition) is 4. The number of rotatable bonds is 8. The number of aliphatic imine (C=N–C) groups is 1. The minimum absolute atomic E-state index is 0. The molecule has 27 heavy (non-hydrogen) atoms. The maximum Gasteiger partial charge on any atom is 0.191 e. The number of ether oxygens (including phenoxy) is 1.